The van der Waals surface area contributed by atoms with Crippen LogP contribution < -0.4 is 10.2 Å². The molecule has 2 aliphatic heterocycles. The van der Waals surface area contributed by atoms with Crippen LogP contribution in [0.15, 0.2) is 36.4 Å². The lowest BCUT2D eigenvalue weighted by atomic mass is 9.85. The molecule has 162 valence electrons. The van der Waals surface area contributed by atoms with E-state index in [4.69, 9.17) is 11.6 Å². The fourth-order valence-electron chi connectivity index (χ4n) is 4.56. The fourth-order valence-corrected chi connectivity index (χ4v) is 5.02. The molecule has 31 heavy (non-hydrogen) atoms. The number of carbonyl (C=O) groups is 3. The molecule has 1 atom stereocenters. The minimum absolute atomic E-state index is 0.181. The second kappa shape index (κ2) is 9.23. The third kappa shape index (κ3) is 4.52. The summed E-state index contributed by atoms with van der Waals surface area (Å²) in [6.07, 6.45) is 5.63. The number of carbonyl (C=O) groups excluding carboxylic acids is 3. The molecule has 0 saturated carbocycles. The quantitative estimate of drug-likeness (QED) is 0.675. The van der Waals surface area contributed by atoms with E-state index in [1.165, 1.54) is 0 Å². The van der Waals surface area contributed by atoms with Crippen molar-refractivity contribution in [1.29, 1.82) is 0 Å². The number of benzene rings is 2. The molecule has 2 heterocycles. The van der Waals surface area contributed by atoms with Crippen molar-refractivity contribution in [3.05, 3.63) is 52.5 Å². The van der Waals surface area contributed by atoms with Crippen molar-refractivity contribution in [2.24, 2.45) is 0 Å². The van der Waals surface area contributed by atoms with Crippen molar-refractivity contribution < 1.29 is 14.4 Å². The fraction of sp³-hybridized carbons (Fsp3) is 0.400. The van der Waals surface area contributed by atoms with Crippen LogP contribution in [0.25, 0.3) is 11.1 Å². The molecular weight excluding hydrogens is 412 g/mol. The maximum absolute atomic E-state index is 12.5. The molecule has 2 aromatic rings. The van der Waals surface area contributed by atoms with E-state index in [1.807, 2.05) is 48.2 Å². The summed E-state index contributed by atoms with van der Waals surface area (Å²) in [5, 5.41) is 2.97. The summed E-state index contributed by atoms with van der Waals surface area (Å²) in [7, 11) is 0. The number of nitrogens with zero attached hydrogens (tertiary/aromatic N) is 1. The molecular formula is C25H27ClN2O3. The van der Waals surface area contributed by atoms with E-state index < -0.39 is 5.92 Å². The molecule has 0 radical (unpaired) electrons. The van der Waals surface area contributed by atoms with E-state index in [1.54, 1.807) is 0 Å². The van der Waals surface area contributed by atoms with Gasteiger partial charge in [-0.3, -0.25) is 19.7 Å². The second-order valence-corrected chi connectivity index (χ2v) is 8.80. The summed E-state index contributed by atoms with van der Waals surface area (Å²) >= 11 is 6.81. The average molecular weight is 439 g/mol. The van der Waals surface area contributed by atoms with Gasteiger partial charge in [-0.15, -0.1) is 0 Å². The Morgan fingerprint density at radius 1 is 0.935 bits per heavy atom. The van der Waals surface area contributed by atoms with Gasteiger partial charge in [0.2, 0.25) is 17.7 Å². The highest BCUT2D eigenvalue weighted by Crippen LogP contribution is 2.39. The zero-order valence-corrected chi connectivity index (χ0v) is 18.5. The number of rotatable bonds is 3. The van der Waals surface area contributed by atoms with Crippen LogP contribution in [0.4, 0.5) is 5.69 Å². The maximum Gasteiger partial charge on any atom is 0.234 e. The summed E-state index contributed by atoms with van der Waals surface area (Å²) in [5.41, 5.74) is 4.40. The van der Waals surface area contributed by atoms with Crippen molar-refractivity contribution in [3.63, 3.8) is 0 Å². The molecule has 3 amide bonds. The average Bonchev–Trinajstić information content (AvgIpc) is 2.73. The standard InChI is InChI=1S/C25H27ClN2O3/c1-16-7-12-19(24(26)23(16)20-13-14-21(29)27-25(20)31)17-8-10-18(11-9-17)28-15-5-3-2-4-6-22(28)30/h7-12,20H,2-6,13-15H2,1H3,(H,27,29,31). The third-order valence-corrected chi connectivity index (χ3v) is 6.71. The van der Waals surface area contributed by atoms with Gasteiger partial charge in [0, 0.05) is 30.6 Å². The molecule has 4 rings (SSSR count). The Labute approximate surface area is 187 Å². The first-order chi connectivity index (χ1) is 15.0. The van der Waals surface area contributed by atoms with Gasteiger partial charge in [-0.2, -0.15) is 0 Å². The Balaban J connectivity index is 1.63. The molecule has 0 aliphatic carbocycles. The number of amides is 3. The molecule has 0 aromatic heterocycles. The van der Waals surface area contributed by atoms with Crippen LogP contribution in [0.2, 0.25) is 5.02 Å². The number of aryl methyl sites for hydroxylation is 1. The largest absolute Gasteiger partial charge is 0.312 e. The number of hydrogen-bond donors (Lipinski definition) is 1. The first kappa shape index (κ1) is 21.6. The minimum atomic E-state index is -0.428. The molecule has 6 heteroatoms. The van der Waals surface area contributed by atoms with Gasteiger partial charge in [-0.05, 0) is 55.0 Å². The Morgan fingerprint density at radius 3 is 2.42 bits per heavy atom. The maximum atomic E-state index is 12.5. The number of imide groups is 1. The molecule has 0 bridgehead atoms. The molecule has 2 aromatic carbocycles. The zero-order valence-electron chi connectivity index (χ0n) is 17.7. The normalized spacial score (nSPS) is 20.3. The first-order valence-corrected chi connectivity index (χ1v) is 11.4. The zero-order chi connectivity index (χ0) is 22.0. The molecule has 0 spiro atoms. The number of halogens is 1. The van der Waals surface area contributed by atoms with Crippen LogP contribution >= 0.6 is 11.6 Å². The summed E-state index contributed by atoms with van der Waals surface area (Å²) in [6.45, 7) is 2.69. The van der Waals surface area contributed by atoms with Gasteiger partial charge < -0.3 is 4.90 Å². The first-order valence-electron chi connectivity index (χ1n) is 11.0. The Kier molecular flexibility index (Phi) is 6.42. The van der Waals surface area contributed by atoms with Crippen molar-refractivity contribution in [2.75, 3.05) is 11.4 Å². The van der Waals surface area contributed by atoms with Gasteiger partial charge in [-0.25, -0.2) is 0 Å². The Bertz CT molecular complexity index is 1020. The topological polar surface area (TPSA) is 66.5 Å². The van der Waals surface area contributed by atoms with Crippen molar-refractivity contribution in [2.45, 2.75) is 57.8 Å². The van der Waals surface area contributed by atoms with Crippen LogP contribution in [-0.4, -0.2) is 24.3 Å². The van der Waals surface area contributed by atoms with Crippen LogP contribution in [0, 0.1) is 6.92 Å². The lowest BCUT2D eigenvalue weighted by Gasteiger charge is -2.26. The predicted octanol–water partition coefficient (Wildman–Crippen LogP) is 5.13. The summed E-state index contributed by atoms with van der Waals surface area (Å²) in [4.78, 5) is 38.4. The molecule has 1 unspecified atom stereocenters. The molecule has 2 saturated heterocycles. The SMILES string of the molecule is Cc1ccc(-c2ccc(N3CCCCCCC3=O)cc2)c(Cl)c1C1CCC(=O)NC1=O. The van der Waals surface area contributed by atoms with E-state index in [-0.39, 0.29) is 17.7 Å². The van der Waals surface area contributed by atoms with Crippen LogP contribution in [0.5, 0.6) is 0 Å². The highest BCUT2D eigenvalue weighted by Gasteiger charge is 2.31. The smallest absolute Gasteiger partial charge is 0.234 e. The predicted molar refractivity (Wildman–Crippen MR) is 122 cm³/mol. The van der Waals surface area contributed by atoms with Crippen LogP contribution in [0.3, 0.4) is 0 Å². The van der Waals surface area contributed by atoms with Gasteiger partial charge in [0.05, 0.1) is 10.9 Å². The Hall–Kier alpha value is -2.66. The van der Waals surface area contributed by atoms with Gasteiger partial charge in [-0.1, -0.05) is 48.7 Å². The van der Waals surface area contributed by atoms with E-state index in [0.29, 0.717) is 24.3 Å². The van der Waals surface area contributed by atoms with Crippen LogP contribution in [0.1, 0.15) is 62.0 Å². The lowest BCUT2D eigenvalue weighted by Crippen LogP contribution is -2.39. The van der Waals surface area contributed by atoms with Crippen molar-refractivity contribution in [3.8, 4) is 11.1 Å². The van der Waals surface area contributed by atoms with Gasteiger partial charge in [0.15, 0.2) is 0 Å². The highest BCUT2D eigenvalue weighted by molar-refractivity contribution is 6.34. The van der Waals surface area contributed by atoms with E-state index >= 15 is 0 Å². The minimum Gasteiger partial charge on any atom is -0.312 e. The van der Waals surface area contributed by atoms with E-state index in [2.05, 4.69) is 5.32 Å². The number of nitrogens with one attached hydrogen (secondary N) is 1. The molecule has 5 nitrogen and oxygen atoms in total. The summed E-state index contributed by atoms with van der Waals surface area (Å²) in [6, 6.07) is 11.8. The third-order valence-electron chi connectivity index (χ3n) is 6.30. The highest BCUT2D eigenvalue weighted by atomic mass is 35.5. The van der Waals surface area contributed by atoms with Crippen molar-refractivity contribution in [1.82, 2.24) is 5.32 Å². The monoisotopic (exact) mass is 438 g/mol. The van der Waals surface area contributed by atoms with Gasteiger partial charge >= 0.3 is 0 Å². The number of piperidine rings is 1. The summed E-state index contributed by atoms with van der Waals surface area (Å²) in [5.74, 6) is -0.770. The second-order valence-electron chi connectivity index (χ2n) is 8.42. The molecule has 1 N–H and O–H groups in total. The van der Waals surface area contributed by atoms with E-state index in [9.17, 15) is 14.4 Å². The number of hydrogen-bond acceptors (Lipinski definition) is 3. The molecule has 2 fully saturated rings. The summed E-state index contributed by atoms with van der Waals surface area (Å²) < 4.78 is 0. The van der Waals surface area contributed by atoms with E-state index in [0.717, 1.165) is 60.2 Å². The molecule has 2 aliphatic rings. The van der Waals surface area contributed by atoms with Gasteiger partial charge in [0.1, 0.15) is 0 Å². The van der Waals surface area contributed by atoms with Crippen molar-refractivity contribution >= 4 is 35.0 Å². The lowest BCUT2D eigenvalue weighted by molar-refractivity contribution is -0.134. The van der Waals surface area contributed by atoms with Gasteiger partial charge in [0.25, 0.3) is 0 Å². The Morgan fingerprint density at radius 2 is 1.68 bits per heavy atom. The van der Waals surface area contributed by atoms with Crippen LogP contribution in [-0.2, 0) is 14.4 Å². The number of anilines is 1.